The monoisotopic (exact) mass is 319 g/mol. The van der Waals surface area contributed by atoms with Gasteiger partial charge in [-0.05, 0) is 19.8 Å². The summed E-state index contributed by atoms with van der Waals surface area (Å²) in [5.74, 6) is 2.77. The lowest BCUT2D eigenvalue weighted by Crippen LogP contribution is -2.21. The summed E-state index contributed by atoms with van der Waals surface area (Å²) >= 11 is 1.73. The van der Waals surface area contributed by atoms with Crippen molar-refractivity contribution in [3.8, 4) is 0 Å². The largest absolute Gasteiger partial charge is 0.317 e. The van der Waals surface area contributed by atoms with Crippen molar-refractivity contribution < 1.29 is 0 Å². The molecular weight excluding hydrogens is 294 g/mol. The molecule has 6 heteroatoms. The van der Waals surface area contributed by atoms with E-state index in [1.807, 2.05) is 0 Å². The predicted octanol–water partition coefficient (Wildman–Crippen LogP) is 3.30. The van der Waals surface area contributed by atoms with Gasteiger partial charge < -0.3 is 9.88 Å². The van der Waals surface area contributed by atoms with Crippen LogP contribution in [-0.4, -0.2) is 19.7 Å². The van der Waals surface area contributed by atoms with Gasteiger partial charge in [-0.3, -0.25) is 0 Å². The van der Waals surface area contributed by atoms with E-state index < -0.39 is 0 Å². The van der Waals surface area contributed by atoms with Crippen molar-refractivity contribution in [2.45, 2.75) is 64.5 Å². The van der Waals surface area contributed by atoms with Crippen molar-refractivity contribution in [1.82, 2.24) is 25.1 Å². The van der Waals surface area contributed by atoms with E-state index in [1.165, 1.54) is 12.8 Å². The van der Waals surface area contributed by atoms with Gasteiger partial charge in [-0.2, -0.15) is 0 Å². The number of hydrogen-bond donors (Lipinski definition) is 1. The van der Waals surface area contributed by atoms with Crippen molar-refractivity contribution in [2.24, 2.45) is 7.05 Å². The Balaban J connectivity index is 1.62. The van der Waals surface area contributed by atoms with Crippen molar-refractivity contribution in [3.63, 3.8) is 0 Å². The molecule has 2 aromatic heterocycles. The zero-order valence-corrected chi connectivity index (χ0v) is 14.9. The van der Waals surface area contributed by atoms with E-state index in [1.54, 1.807) is 11.3 Å². The molecule has 0 radical (unpaired) electrons. The molecule has 0 unspecified atom stereocenters. The third-order valence-corrected chi connectivity index (χ3v) is 5.20. The molecule has 22 heavy (non-hydrogen) atoms. The van der Waals surface area contributed by atoms with Crippen LogP contribution in [0.1, 0.15) is 74.8 Å². The van der Waals surface area contributed by atoms with Gasteiger partial charge in [0.25, 0.3) is 0 Å². The van der Waals surface area contributed by atoms with Crippen molar-refractivity contribution in [1.29, 1.82) is 0 Å². The molecule has 1 saturated carbocycles. The van der Waals surface area contributed by atoms with Gasteiger partial charge in [0.05, 0.1) is 18.3 Å². The van der Waals surface area contributed by atoms with Crippen LogP contribution in [0.2, 0.25) is 0 Å². The van der Waals surface area contributed by atoms with Crippen LogP contribution in [0.4, 0.5) is 0 Å². The Morgan fingerprint density at radius 2 is 2.09 bits per heavy atom. The lowest BCUT2D eigenvalue weighted by molar-refractivity contribution is 0.532. The molecule has 0 amide bonds. The van der Waals surface area contributed by atoms with E-state index >= 15 is 0 Å². The molecule has 1 aliphatic rings. The summed E-state index contributed by atoms with van der Waals surface area (Å²) in [7, 11) is 2.07. The van der Waals surface area contributed by atoms with Gasteiger partial charge in [-0.25, -0.2) is 4.98 Å². The predicted molar refractivity (Wildman–Crippen MR) is 89.0 cm³/mol. The van der Waals surface area contributed by atoms with Crippen LogP contribution < -0.4 is 5.32 Å². The summed E-state index contributed by atoms with van der Waals surface area (Å²) in [5, 5.41) is 15.5. The molecule has 2 heterocycles. The van der Waals surface area contributed by atoms with Crippen molar-refractivity contribution in [2.75, 3.05) is 0 Å². The van der Waals surface area contributed by atoms with Crippen LogP contribution >= 0.6 is 11.3 Å². The quantitative estimate of drug-likeness (QED) is 0.919. The van der Waals surface area contributed by atoms with E-state index in [9.17, 15) is 0 Å². The van der Waals surface area contributed by atoms with Gasteiger partial charge in [0.2, 0.25) is 0 Å². The van der Waals surface area contributed by atoms with E-state index in [-0.39, 0.29) is 11.5 Å². The van der Waals surface area contributed by atoms with Crippen LogP contribution in [0.3, 0.4) is 0 Å². The summed E-state index contributed by atoms with van der Waals surface area (Å²) in [5.41, 5.74) is 1.27. The van der Waals surface area contributed by atoms with E-state index in [0.29, 0.717) is 5.92 Å². The first-order valence-corrected chi connectivity index (χ1v) is 8.81. The summed E-state index contributed by atoms with van der Waals surface area (Å²) in [6, 6.07) is 0.224. The van der Waals surface area contributed by atoms with Gasteiger partial charge in [0, 0.05) is 23.8 Å². The highest BCUT2D eigenvalue weighted by atomic mass is 32.1. The minimum Gasteiger partial charge on any atom is -0.317 e. The molecule has 1 fully saturated rings. The zero-order valence-electron chi connectivity index (χ0n) is 14.1. The molecule has 1 aliphatic carbocycles. The number of aromatic nitrogens is 4. The molecular formula is C16H25N5S. The van der Waals surface area contributed by atoms with Crippen LogP contribution in [0, 0.1) is 0 Å². The molecule has 0 spiro atoms. The van der Waals surface area contributed by atoms with Gasteiger partial charge in [0.1, 0.15) is 16.7 Å². The van der Waals surface area contributed by atoms with Gasteiger partial charge in [-0.1, -0.05) is 20.8 Å². The van der Waals surface area contributed by atoms with Crippen LogP contribution in [-0.2, 0) is 19.0 Å². The summed E-state index contributed by atoms with van der Waals surface area (Å²) in [6.45, 7) is 9.47. The molecule has 0 bridgehead atoms. The van der Waals surface area contributed by atoms with E-state index in [0.717, 1.165) is 28.9 Å². The third-order valence-electron chi connectivity index (χ3n) is 4.17. The highest BCUT2D eigenvalue weighted by Crippen LogP contribution is 2.38. The molecule has 0 aromatic carbocycles. The number of thiazole rings is 1. The molecule has 1 atom stereocenters. The molecule has 5 nitrogen and oxygen atoms in total. The average molecular weight is 319 g/mol. The lowest BCUT2D eigenvalue weighted by atomic mass is 9.93. The standard InChI is InChI=1S/C16H25N5S/c1-10(15-18-12(9-22-15)16(2,3)4)17-8-13-19-20-14(21(13)5)11-6-7-11/h9-11,17H,6-8H2,1-5H3/t10-/m0/s1. The Hall–Kier alpha value is -1.27. The Kier molecular flexibility index (Phi) is 4.07. The maximum absolute atomic E-state index is 4.77. The minimum absolute atomic E-state index is 0.108. The number of rotatable bonds is 5. The maximum atomic E-state index is 4.77. The number of nitrogens with zero attached hydrogens (tertiary/aromatic N) is 4. The topological polar surface area (TPSA) is 55.6 Å². The fourth-order valence-electron chi connectivity index (χ4n) is 2.39. The summed E-state index contributed by atoms with van der Waals surface area (Å²) in [4.78, 5) is 4.77. The van der Waals surface area contributed by atoms with E-state index in [4.69, 9.17) is 4.98 Å². The highest BCUT2D eigenvalue weighted by Gasteiger charge is 2.29. The normalized spacial score (nSPS) is 17.0. The van der Waals surface area contributed by atoms with Gasteiger partial charge in [0.15, 0.2) is 0 Å². The SMILES string of the molecule is C[C@H](NCc1nnc(C2CC2)n1C)c1nc(C(C)(C)C)cs1. The van der Waals surface area contributed by atoms with Crippen molar-refractivity contribution in [3.05, 3.63) is 27.7 Å². The lowest BCUT2D eigenvalue weighted by Gasteiger charge is -2.15. The Labute approximate surface area is 136 Å². The molecule has 1 N–H and O–H groups in total. The summed E-state index contributed by atoms with van der Waals surface area (Å²) < 4.78 is 2.14. The fraction of sp³-hybridized carbons (Fsp3) is 0.688. The fourth-order valence-corrected chi connectivity index (χ4v) is 3.47. The summed E-state index contributed by atoms with van der Waals surface area (Å²) in [6.07, 6.45) is 2.51. The van der Waals surface area contributed by atoms with Crippen molar-refractivity contribution >= 4 is 11.3 Å². The van der Waals surface area contributed by atoms with Crippen LogP contribution in [0.25, 0.3) is 0 Å². The first-order valence-electron chi connectivity index (χ1n) is 7.93. The first kappa shape index (κ1) is 15.6. The minimum atomic E-state index is 0.108. The Bertz CT molecular complexity index is 648. The smallest absolute Gasteiger partial charge is 0.146 e. The number of hydrogen-bond acceptors (Lipinski definition) is 5. The molecule has 2 aromatic rings. The van der Waals surface area contributed by atoms with Gasteiger partial charge >= 0.3 is 0 Å². The zero-order chi connectivity index (χ0) is 15.9. The molecule has 0 aliphatic heterocycles. The maximum Gasteiger partial charge on any atom is 0.146 e. The molecule has 0 saturated heterocycles. The first-order chi connectivity index (χ1) is 10.4. The highest BCUT2D eigenvalue weighted by molar-refractivity contribution is 7.09. The third kappa shape index (κ3) is 3.22. The second-order valence-electron chi connectivity index (χ2n) is 7.23. The molecule has 120 valence electrons. The second-order valence-corrected chi connectivity index (χ2v) is 8.12. The molecule has 3 rings (SSSR count). The second kappa shape index (κ2) is 5.74. The Morgan fingerprint density at radius 3 is 2.68 bits per heavy atom. The van der Waals surface area contributed by atoms with Gasteiger partial charge in [-0.15, -0.1) is 21.5 Å². The average Bonchev–Trinajstić information content (AvgIpc) is 3.02. The number of nitrogens with one attached hydrogen (secondary N) is 1. The van der Waals surface area contributed by atoms with Crippen LogP contribution in [0.5, 0.6) is 0 Å². The Morgan fingerprint density at radius 1 is 1.36 bits per heavy atom. The van der Waals surface area contributed by atoms with Crippen LogP contribution in [0.15, 0.2) is 5.38 Å². The van der Waals surface area contributed by atoms with E-state index in [2.05, 4.69) is 60.2 Å².